The van der Waals surface area contributed by atoms with Gasteiger partial charge in [0.2, 0.25) is 0 Å². The third-order valence-corrected chi connectivity index (χ3v) is 4.57. The Balaban J connectivity index is 2.45. The Morgan fingerprint density at radius 2 is 1.71 bits per heavy atom. The van der Waals surface area contributed by atoms with Crippen LogP contribution in [0, 0.1) is 0 Å². The van der Waals surface area contributed by atoms with Crippen LogP contribution in [0.2, 0.25) is 15.1 Å². The zero-order valence-corrected chi connectivity index (χ0v) is 14.7. The van der Waals surface area contributed by atoms with Crippen LogP contribution in [-0.4, -0.2) is 11.7 Å². The van der Waals surface area contributed by atoms with Crippen molar-refractivity contribution in [1.29, 1.82) is 0 Å². The van der Waals surface area contributed by atoms with Gasteiger partial charge in [-0.15, -0.1) is 0 Å². The molecule has 0 spiro atoms. The second-order valence-electron chi connectivity index (χ2n) is 4.63. The van der Waals surface area contributed by atoms with Crippen LogP contribution in [-0.2, 0) is 0 Å². The molecule has 21 heavy (non-hydrogen) atoms. The van der Waals surface area contributed by atoms with Crippen molar-refractivity contribution in [2.24, 2.45) is 5.73 Å². The van der Waals surface area contributed by atoms with Gasteiger partial charge >= 0.3 is 0 Å². The topological polar surface area (TPSA) is 46.2 Å². The Hall–Kier alpha value is -0.290. The summed E-state index contributed by atoms with van der Waals surface area (Å²) in [7, 11) is 0. The van der Waals surface area contributed by atoms with E-state index < -0.39 is 12.0 Å². The summed E-state index contributed by atoms with van der Waals surface area (Å²) < 4.78 is 0.782. The number of aliphatic hydroxyl groups excluding tert-OH is 1. The molecule has 2 unspecified atom stereocenters. The van der Waals surface area contributed by atoms with Crippen molar-refractivity contribution in [3.63, 3.8) is 0 Å². The fourth-order valence-electron chi connectivity index (χ4n) is 2.25. The minimum absolute atomic E-state index is 0.203. The lowest BCUT2D eigenvalue weighted by molar-refractivity contribution is 0.147. The minimum Gasteiger partial charge on any atom is -0.388 e. The van der Waals surface area contributed by atoms with Gasteiger partial charge in [-0.1, -0.05) is 56.8 Å². The highest BCUT2D eigenvalue weighted by Crippen LogP contribution is 2.39. The van der Waals surface area contributed by atoms with Crippen LogP contribution in [0.5, 0.6) is 0 Å². The molecular formula is C15H13BrCl3NO. The SMILES string of the molecule is NCC(c1c(Cl)cccc1Cl)C(O)c1cc(Cl)cc(Br)c1. The largest absolute Gasteiger partial charge is 0.388 e. The Morgan fingerprint density at radius 3 is 2.24 bits per heavy atom. The maximum atomic E-state index is 10.7. The molecule has 0 bridgehead atoms. The molecule has 3 N–H and O–H groups in total. The zero-order valence-electron chi connectivity index (χ0n) is 10.9. The summed E-state index contributed by atoms with van der Waals surface area (Å²) in [5.74, 6) is -0.420. The Morgan fingerprint density at radius 1 is 1.10 bits per heavy atom. The van der Waals surface area contributed by atoms with Crippen LogP contribution in [0.4, 0.5) is 0 Å². The standard InChI is InChI=1S/C15H13BrCl3NO/c16-9-4-8(5-10(17)6-9)15(21)11(7-20)14-12(18)2-1-3-13(14)19/h1-6,11,15,21H,7,20H2. The van der Waals surface area contributed by atoms with E-state index in [2.05, 4.69) is 15.9 Å². The third-order valence-electron chi connectivity index (χ3n) is 3.23. The van der Waals surface area contributed by atoms with Crippen LogP contribution < -0.4 is 5.73 Å². The van der Waals surface area contributed by atoms with Gasteiger partial charge in [0.05, 0.1) is 6.10 Å². The highest BCUT2D eigenvalue weighted by molar-refractivity contribution is 9.10. The number of rotatable bonds is 4. The normalized spacial score (nSPS) is 14.0. The van der Waals surface area contributed by atoms with Gasteiger partial charge in [0.25, 0.3) is 0 Å². The summed E-state index contributed by atoms with van der Waals surface area (Å²) in [6.07, 6.45) is -0.859. The van der Waals surface area contributed by atoms with Crippen molar-refractivity contribution in [3.05, 3.63) is 67.1 Å². The maximum absolute atomic E-state index is 10.7. The molecule has 0 saturated carbocycles. The average Bonchev–Trinajstić information content (AvgIpc) is 2.41. The van der Waals surface area contributed by atoms with Crippen LogP contribution in [0.25, 0.3) is 0 Å². The molecule has 0 radical (unpaired) electrons. The van der Waals surface area contributed by atoms with E-state index in [0.29, 0.717) is 26.2 Å². The van der Waals surface area contributed by atoms with Crippen LogP contribution in [0.15, 0.2) is 40.9 Å². The summed E-state index contributed by atoms with van der Waals surface area (Å²) in [6.45, 7) is 0.203. The predicted octanol–water partition coefficient (Wildman–Crippen LogP) is 5.19. The van der Waals surface area contributed by atoms with Crippen LogP contribution in [0.1, 0.15) is 23.1 Å². The lowest BCUT2D eigenvalue weighted by Gasteiger charge is -2.24. The lowest BCUT2D eigenvalue weighted by Crippen LogP contribution is -2.21. The molecule has 0 amide bonds. The summed E-state index contributed by atoms with van der Waals surface area (Å²) in [4.78, 5) is 0. The van der Waals surface area contributed by atoms with Gasteiger partial charge in [-0.3, -0.25) is 0 Å². The van der Waals surface area contributed by atoms with E-state index in [4.69, 9.17) is 40.5 Å². The average molecular weight is 410 g/mol. The quantitative estimate of drug-likeness (QED) is 0.730. The third kappa shape index (κ3) is 3.92. The van der Waals surface area contributed by atoms with Gasteiger partial charge in [-0.2, -0.15) is 0 Å². The lowest BCUT2D eigenvalue weighted by atomic mass is 9.89. The number of aliphatic hydroxyl groups is 1. The fourth-order valence-corrected chi connectivity index (χ4v) is 3.81. The van der Waals surface area contributed by atoms with E-state index in [9.17, 15) is 5.11 Å². The number of halogens is 4. The smallest absolute Gasteiger partial charge is 0.0872 e. The Bertz CT molecular complexity index is 610. The zero-order chi connectivity index (χ0) is 15.6. The molecule has 0 aliphatic carbocycles. The number of hydrogen-bond donors (Lipinski definition) is 2. The van der Waals surface area contributed by atoms with Gasteiger partial charge in [-0.25, -0.2) is 0 Å². The number of hydrogen-bond acceptors (Lipinski definition) is 2. The Kier molecular flexibility index (Phi) is 5.95. The molecule has 2 nitrogen and oxygen atoms in total. The van der Waals surface area contributed by atoms with Crippen LogP contribution in [0.3, 0.4) is 0 Å². The molecule has 6 heteroatoms. The molecule has 2 rings (SSSR count). The summed E-state index contributed by atoms with van der Waals surface area (Å²) >= 11 is 21.8. The Labute approximate surface area is 146 Å². The van der Waals surface area contributed by atoms with Crippen molar-refractivity contribution in [1.82, 2.24) is 0 Å². The first-order valence-corrected chi connectivity index (χ1v) is 8.14. The van der Waals surface area contributed by atoms with Crippen molar-refractivity contribution >= 4 is 50.7 Å². The van der Waals surface area contributed by atoms with Crippen molar-refractivity contribution in [2.75, 3.05) is 6.54 Å². The fraction of sp³-hybridized carbons (Fsp3) is 0.200. The number of nitrogens with two attached hydrogens (primary N) is 1. The summed E-state index contributed by atoms with van der Waals surface area (Å²) in [6, 6.07) is 10.5. The van der Waals surface area contributed by atoms with Gasteiger partial charge in [0.15, 0.2) is 0 Å². The molecule has 0 aromatic heterocycles. The van der Waals surface area contributed by atoms with Gasteiger partial charge < -0.3 is 10.8 Å². The van der Waals surface area contributed by atoms with Crippen LogP contribution >= 0.6 is 50.7 Å². The van der Waals surface area contributed by atoms with Gasteiger partial charge in [0, 0.05) is 32.0 Å². The monoisotopic (exact) mass is 407 g/mol. The predicted molar refractivity (Wildman–Crippen MR) is 92.4 cm³/mol. The van der Waals surface area contributed by atoms with Gasteiger partial charge in [0.1, 0.15) is 0 Å². The molecule has 2 aromatic carbocycles. The molecule has 0 saturated heterocycles. The van der Waals surface area contributed by atoms with Crippen molar-refractivity contribution in [2.45, 2.75) is 12.0 Å². The first-order valence-electron chi connectivity index (χ1n) is 6.22. The highest BCUT2D eigenvalue weighted by atomic mass is 79.9. The van der Waals surface area contributed by atoms with Crippen molar-refractivity contribution in [3.8, 4) is 0 Å². The second kappa shape index (κ2) is 7.32. The molecule has 0 fully saturated rings. The minimum atomic E-state index is -0.859. The van der Waals surface area contributed by atoms with E-state index >= 15 is 0 Å². The number of benzene rings is 2. The van der Waals surface area contributed by atoms with E-state index in [1.54, 1.807) is 36.4 Å². The summed E-state index contributed by atoms with van der Waals surface area (Å²) in [5, 5.41) is 12.2. The molecule has 0 aliphatic rings. The summed E-state index contributed by atoms with van der Waals surface area (Å²) in [5.41, 5.74) is 7.13. The molecule has 2 aromatic rings. The molecular weight excluding hydrogens is 396 g/mol. The molecule has 0 heterocycles. The highest BCUT2D eigenvalue weighted by Gasteiger charge is 2.26. The second-order valence-corrected chi connectivity index (χ2v) is 6.79. The molecule has 2 atom stereocenters. The van der Waals surface area contributed by atoms with E-state index in [-0.39, 0.29) is 6.54 Å². The van der Waals surface area contributed by atoms with Gasteiger partial charge in [-0.05, 0) is 41.5 Å². The maximum Gasteiger partial charge on any atom is 0.0872 e. The van der Waals surface area contributed by atoms with E-state index in [0.717, 1.165) is 4.47 Å². The molecule has 0 aliphatic heterocycles. The van der Waals surface area contributed by atoms with E-state index in [1.807, 2.05) is 0 Å². The first-order chi connectivity index (χ1) is 9.93. The first kappa shape index (κ1) is 17.1. The van der Waals surface area contributed by atoms with E-state index in [1.165, 1.54) is 0 Å². The van der Waals surface area contributed by atoms with Crippen molar-refractivity contribution < 1.29 is 5.11 Å². The molecule has 112 valence electrons.